The molecule has 0 saturated carbocycles. The molecule has 2 N–H and O–H groups in total. The third-order valence-electron chi connectivity index (χ3n) is 4.41. The molecule has 0 aromatic carbocycles. The average molecular weight is 424 g/mol. The first-order valence-corrected chi connectivity index (χ1v) is 9.82. The molecule has 2 nitrogen and oxygen atoms in total. The molecule has 2 unspecified atom stereocenters. The predicted molar refractivity (Wildman–Crippen MR) is 95.3 cm³/mol. The molecule has 2 atom stereocenters. The first-order valence-electron chi connectivity index (χ1n) is 7.41. The van der Waals surface area contributed by atoms with Gasteiger partial charge < -0.3 is 5.73 Å². The molecule has 0 spiro atoms. The summed E-state index contributed by atoms with van der Waals surface area (Å²) < 4.78 is 2.31. The van der Waals surface area contributed by atoms with E-state index in [-0.39, 0.29) is 0 Å². The monoisotopic (exact) mass is 422 g/mol. The smallest absolute Gasteiger partial charge is 0.0843 e. The average Bonchev–Trinajstić information content (AvgIpc) is 2.63. The van der Waals surface area contributed by atoms with E-state index in [9.17, 15) is 0 Å². The molecule has 2 rings (SSSR count). The first kappa shape index (κ1) is 16.9. The van der Waals surface area contributed by atoms with E-state index < -0.39 is 0 Å². The zero-order valence-electron chi connectivity index (χ0n) is 12.2. The summed E-state index contributed by atoms with van der Waals surface area (Å²) in [6, 6.07) is 2.59. The molecule has 1 aromatic rings. The van der Waals surface area contributed by atoms with E-state index in [1.54, 1.807) is 11.3 Å². The standard InChI is InChI=1S/C15H24Br2N2S/c1-10(2)11-4-3-6-19(7-5-11)13(9-18)14-8-12(16)15(17)20-14/h8,10-11,13H,3-7,9,18H2,1-2H3. The SMILES string of the molecule is CC(C)C1CCCN(C(CN)c2cc(Br)c(Br)s2)CC1. The van der Waals surface area contributed by atoms with Gasteiger partial charge in [0.2, 0.25) is 0 Å². The van der Waals surface area contributed by atoms with Crippen molar-refractivity contribution in [1.82, 2.24) is 4.90 Å². The lowest BCUT2D eigenvalue weighted by atomic mass is 9.89. The molecule has 0 amide bonds. The summed E-state index contributed by atoms with van der Waals surface area (Å²) in [5.41, 5.74) is 6.07. The van der Waals surface area contributed by atoms with Crippen LogP contribution in [0, 0.1) is 11.8 Å². The van der Waals surface area contributed by atoms with Crippen LogP contribution in [0.15, 0.2) is 14.3 Å². The van der Waals surface area contributed by atoms with Gasteiger partial charge in [-0.1, -0.05) is 13.8 Å². The lowest BCUT2D eigenvalue weighted by Gasteiger charge is -2.29. The Bertz CT molecular complexity index is 414. The van der Waals surface area contributed by atoms with Crippen molar-refractivity contribution in [2.75, 3.05) is 19.6 Å². The zero-order chi connectivity index (χ0) is 14.7. The Kier molecular flexibility index (Phi) is 6.54. The fraction of sp³-hybridized carbons (Fsp3) is 0.733. The molecule has 114 valence electrons. The Labute approximate surface area is 143 Å². The maximum Gasteiger partial charge on any atom is 0.0843 e. The van der Waals surface area contributed by atoms with Crippen LogP contribution in [0.5, 0.6) is 0 Å². The maximum atomic E-state index is 6.07. The summed E-state index contributed by atoms with van der Waals surface area (Å²) in [6.07, 6.45) is 3.97. The molecular formula is C15H24Br2N2S. The summed E-state index contributed by atoms with van der Waals surface area (Å²) in [4.78, 5) is 3.96. The second-order valence-electron chi connectivity index (χ2n) is 5.99. The molecule has 1 fully saturated rings. The fourth-order valence-corrected chi connectivity index (χ4v) is 5.33. The van der Waals surface area contributed by atoms with Crippen molar-refractivity contribution in [2.24, 2.45) is 17.6 Å². The van der Waals surface area contributed by atoms with Crippen LogP contribution in [0.25, 0.3) is 0 Å². The van der Waals surface area contributed by atoms with Gasteiger partial charge in [0.25, 0.3) is 0 Å². The highest BCUT2D eigenvalue weighted by atomic mass is 79.9. The van der Waals surface area contributed by atoms with E-state index in [2.05, 4.69) is 56.7 Å². The van der Waals surface area contributed by atoms with Gasteiger partial charge in [0.1, 0.15) is 0 Å². The maximum absolute atomic E-state index is 6.07. The van der Waals surface area contributed by atoms with Gasteiger partial charge in [0, 0.05) is 15.9 Å². The molecular weight excluding hydrogens is 400 g/mol. The van der Waals surface area contributed by atoms with Gasteiger partial charge in [-0.15, -0.1) is 11.3 Å². The predicted octanol–water partition coefficient (Wildman–Crippen LogP) is 5.03. The van der Waals surface area contributed by atoms with Crippen LogP contribution in [0.4, 0.5) is 0 Å². The van der Waals surface area contributed by atoms with Crippen molar-refractivity contribution in [2.45, 2.75) is 39.2 Å². The Morgan fingerprint density at radius 2 is 2.10 bits per heavy atom. The topological polar surface area (TPSA) is 29.3 Å². The van der Waals surface area contributed by atoms with Crippen LogP contribution >= 0.6 is 43.2 Å². The van der Waals surface area contributed by atoms with Gasteiger partial charge in [-0.25, -0.2) is 0 Å². The van der Waals surface area contributed by atoms with Crippen LogP contribution in [0.2, 0.25) is 0 Å². The minimum atomic E-state index is 0.369. The highest BCUT2D eigenvalue weighted by Crippen LogP contribution is 2.38. The number of rotatable bonds is 4. The largest absolute Gasteiger partial charge is 0.329 e. The first-order chi connectivity index (χ1) is 9.52. The van der Waals surface area contributed by atoms with E-state index in [1.165, 1.54) is 41.0 Å². The number of halogens is 2. The van der Waals surface area contributed by atoms with Gasteiger partial charge in [-0.05, 0) is 82.1 Å². The number of nitrogens with two attached hydrogens (primary N) is 1. The van der Waals surface area contributed by atoms with Crippen molar-refractivity contribution in [1.29, 1.82) is 0 Å². The molecule has 0 aliphatic carbocycles. The molecule has 1 aromatic heterocycles. The van der Waals surface area contributed by atoms with Gasteiger partial charge in [0.05, 0.1) is 9.83 Å². The summed E-state index contributed by atoms with van der Waals surface area (Å²) in [5.74, 6) is 1.68. The van der Waals surface area contributed by atoms with E-state index in [4.69, 9.17) is 5.73 Å². The Morgan fingerprint density at radius 3 is 2.65 bits per heavy atom. The van der Waals surface area contributed by atoms with E-state index in [0.717, 1.165) is 16.3 Å². The van der Waals surface area contributed by atoms with Crippen LogP contribution in [-0.4, -0.2) is 24.5 Å². The number of nitrogens with zero attached hydrogens (tertiary/aromatic N) is 1. The Morgan fingerprint density at radius 1 is 1.35 bits per heavy atom. The van der Waals surface area contributed by atoms with Gasteiger partial charge in [-0.3, -0.25) is 4.90 Å². The normalized spacial score (nSPS) is 23.0. The molecule has 1 aliphatic heterocycles. The summed E-state index contributed by atoms with van der Waals surface area (Å²) in [6.45, 7) is 7.77. The van der Waals surface area contributed by atoms with Gasteiger partial charge >= 0.3 is 0 Å². The highest BCUT2D eigenvalue weighted by molar-refractivity contribution is 9.13. The van der Waals surface area contributed by atoms with E-state index in [1.807, 2.05) is 0 Å². The van der Waals surface area contributed by atoms with Crippen molar-refractivity contribution in [3.8, 4) is 0 Å². The number of likely N-dealkylation sites (tertiary alicyclic amines) is 1. The number of hydrogen-bond acceptors (Lipinski definition) is 3. The second-order valence-corrected chi connectivity index (χ2v) is 9.25. The third kappa shape index (κ3) is 4.07. The molecule has 0 bridgehead atoms. The van der Waals surface area contributed by atoms with E-state index >= 15 is 0 Å². The van der Waals surface area contributed by atoms with Crippen molar-refractivity contribution in [3.05, 3.63) is 19.2 Å². The molecule has 0 radical (unpaired) electrons. The van der Waals surface area contributed by atoms with Crippen molar-refractivity contribution < 1.29 is 0 Å². The van der Waals surface area contributed by atoms with Crippen molar-refractivity contribution >= 4 is 43.2 Å². The summed E-state index contributed by atoms with van der Waals surface area (Å²) in [5, 5.41) is 0. The minimum Gasteiger partial charge on any atom is -0.329 e. The molecule has 20 heavy (non-hydrogen) atoms. The van der Waals surface area contributed by atoms with E-state index in [0.29, 0.717) is 12.6 Å². The molecule has 1 saturated heterocycles. The van der Waals surface area contributed by atoms with Gasteiger partial charge in [0.15, 0.2) is 0 Å². The third-order valence-corrected chi connectivity index (χ3v) is 7.76. The Hall–Kier alpha value is 0.580. The van der Waals surface area contributed by atoms with Crippen LogP contribution in [0.1, 0.15) is 44.0 Å². The second kappa shape index (κ2) is 7.73. The minimum absolute atomic E-state index is 0.369. The quantitative estimate of drug-likeness (QED) is 0.735. The van der Waals surface area contributed by atoms with Crippen LogP contribution < -0.4 is 5.73 Å². The number of thiophene rings is 1. The van der Waals surface area contributed by atoms with Crippen LogP contribution in [0.3, 0.4) is 0 Å². The van der Waals surface area contributed by atoms with Crippen LogP contribution in [-0.2, 0) is 0 Å². The molecule has 5 heteroatoms. The van der Waals surface area contributed by atoms with Gasteiger partial charge in [-0.2, -0.15) is 0 Å². The summed E-state index contributed by atoms with van der Waals surface area (Å²) in [7, 11) is 0. The molecule has 2 heterocycles. The summed E-state index contributed by atoms with van der Waals surface area (Å²) >= 11 is 8.98. The lowest BCUT2D eigenvalue weighted by Crippen LogP contribution is -2.34. The zero-order valence-corrected chi connectivity index (χ0v) is 16.2. The van der Waals surface area contributed by atoms with Crippen molar-refractivity contribution in [3.63, 3.8) is 0 Å². The highest BCUT2D eigenvalue weighted by Gasteiger charge is 2.26. The Balaban J connectivity index is 2.08. The lowest BCUT2D eigenvalue weighted by molar-refractivity contribution is 0.206. The fourth-order valence-electron chi connectivity index (χ4n) is 3.10. The molecule has 1 aliphatic rings. The number of hydrogen-bond donors (Lipinski definition) is 1.